The van der Waals surface area contributed by atoms with Crippen LogP contribution >= 0.6 is 0 Å². The first-order valence-corrected chi connectivity index (χ1v) is 12.4. The topological polar surface area (TPSA) is 84.4 Å². The van der Waals surface area contributed by atoms with Crippen LogP contribution < -0.4 is 9.62 Å². The van der Waals surface area contributed by atoms with E-state index in [1.165, 1.54) is 36.9 Å². The predicted octanol–water partition coefficient (Wildman–Crippen LogP) is 2.16. The van der Waals surface area contributed by atoms with Crippen LogP contribution in [0.15, 0.2) is 0 Å². The third-order valence-corrected chi connectivity index (χ3v) is 7.76. The van der Waals surface area contributed by atoms with Crippen LogP contribution in [0, 0.1) is 0 Å². The third kappa shape index (κ3) is 4.49. The summed E-state index contributed by atoms with van der Waals surface area (Å²) in [7, 11) is -3.15. The van der Waals surface area contributed by atoms with E-state index in [1.54, 1.807) is 6.92 Å². The van der Waals surface area contributed by atoms with Crippen LogP contribution in [0.25, 0.3) is 0 Å². The summed E-state index contributed by atoms with van der Waals surface area (Å²) in [5.74, 6) is 2.72. The second-order valence-electron chi connectivity index (χ2n) is 8.21. The van der Waals surface area contributed by atoms with Crippen molar-refractivity contribution in [3.63, 3.8) is 0 Å². The molecular weight excluding hydrogens is 376 g/mol. The van der Waals surface area contributed by atoms with Crippen molar-refractivity contribution in [2.24, 2.45) is 0 Å². The second kappa shape index (κ2) is 8.63. The highest BCUT2D eigenvalue weighted by molar-refractivity contribution is 7.89. The van der Waals surface area contributed by atoms with Crippen molar-refractivity contribution in [1.29, 1.82) is 0 Å². The average Bonchev–Trinajstić information content (AvgIpc) is 3.13. The van der Waals surface area contributed by atoms with Gasteiger partial charge in [0.15, 0.2) is 0 Å². The number of piperidine rings is 1. The molecule has 3 heterocycles. The van der Waals surface area contributed by atoms with Crippen molar-refractivity contribution in [1.82, 2.24) is 14.7 Å². The molecule has 1 saturated heterocycles. The molecule has 0 spiro atoms. The maximum Gasteiger partial charge on any atom is 0.211 e. The summed E-state index contributed by atoms with van der Waals surface area (Å²) in [6.45, 7) is 4.78. The molecule has 1 N–H and O–H groups in total. The Bertz CT molecular complexity index is 785. The Kier molecular flexibility index (Phi) is 6.18. The smallest absolute Gasteiger partial charge is 0.211 e. The van der Waals surface area contributed by atoms with Crippen LogP contribution in [0.1, 0.15) is 68.4 Å². The lowest BCUT2D eigenvalue weighted by Crippen LogP contribution is -2.45. The molecule has 1 aromatic heterocycles. The molecule has 2 fully saturated rings. The van der Waals surface area contributed by atoms with Gasteiger partial charge >= 0.3 is 0 Å². The Morgan fingerprint density at radius 2 is 1.79 bits per heavy atom. The lowest BCUT2D eigenvalue weighted by Gasteiger charge is -2.34. The van der Waals surface area contributed by atoms with Gasteiger partial charge in [0, 0.05) is 43.5 Å². The van der Waals surface area contributed by atoms with Crippen LogP contribution in [0.3, 0.4) is 0 Å². The molecule has 3 aliphatic rings. The zero-order chi connectivity index (χ0) is 19.6. The van der Waals surface area contributed by atoms with Gasteiger partial charge in [-0.25, -0.2) is 23.1 Å². The average molecular weight is 409 g/mol. The normalized spacial score (nSPS) is 22.2. The van der Waals surface area contributed by atoms with E-state index >= 15 is 0 Å². The summed E-state index contributed by atoms with van der Waals surface area (Å²) in [4.78, 5) is 12.4. The predicted molar refractivity (Wildman–Crippen MR) is 109 cm³/mol. The van der Waals surface area contributed by atoms with Crippen LogP contribution in [0.4, 0.5) is 5.82 Å². The Morgan fingerprint density at radius 1 is 1.07 bits per heavy atom. The molecule has 156 valence electrons. The molecule has 0 aromatic carbocycles. The summed E-state index contributed by atoms with van der Waals surface area (Å²) in [5.41, 5.74) is 2.41. The summed E-state index contributed by atoms with van der Waals surface area (Å²) in [6.07, 6.45) is 8.26. The van der Waals surface area contributed by atoms with Gasteiger partial charge in [0.05, 0.1) is 24.7 Å². The lowest BCUT2D eigenvalue weighted by atomic mass is 10.0. The van der Waals surface area contributed by atoms with Crippen LogP contribution in [-0.2, 0) is 27.6 Å². The lowest BCUT2D eigenvalue weighted by molar-refractivity contribution is 0.146. The number of aromatic nitrogens is 2. The number of rotatable bonds is 5. The van der Waals surface area contributed by atoms with Gasteiger partial charge in [0.25, 0.3) is 0 Å². The van der Waals surface area contributed by atoms with Crippen molar-refractivity contribution >= 4 is 15.8 Å². The highest BCUT2D eigenvalue weighted by Crippen LogP contribution is 2.35. The molecule has 0 atom stereocenters. The van der Waals surface area contributed by atoms with Gasteiger partial charge < -0.3 is 9.64 Å². The summed E-state index contributed by atoms with van der Waals surface area (Å²) >= 11 is 0. The molecule has 7 nitrogen and oxygen atoms in total. The minimum Gasteiger partial charge on any atom is -0.381 e. The summed E-state index contributed by atoms with van der Waals surface area (Å²) < 4.78 is 32.3. The first kappa shape index (κ1) is 20.0. The van der Waals surface area contributed by atoms with Crippen LogP contribution in [0.2, 0.25) is 0 Å². The maximum absolute atomic E-state index is 11.9. The van der Waals surface area contributed by atoms with Crippen molar-refractivity contribution in [2.45, 2.75) is 70.3 Å². The van der Waals surface area contributed by atoms with Gasteiger partial charge in [0.1, 0.15) is 11.6 Å². The van der Waals surface area contributed by atoms with E-state index in [4.69, 9.17) is 14.7 Å². The molecule has 1 aliphatic carbocycles. The Morgan fingerprint density at radius 3 is 2.50 bits per heavy atom. The number of nitrogens with zero attached hydrogens (tertiary/aromatic N) is 3. The molecule has 0 amide bonds. The quantitative estimate of drug-likeness (QED) is 0.804. The molecule has 2 aliphatic heterocycles. The van der Waals surface area contributed by atoms with E-state index in [0.717, 1.165) is 63.6 Å². The van der Waals surface area contributed by atoms with Crippen molar-refractivity contribution < 1.29 is 13.2 Å². The highest BCUT2D eigenvalue weighted by atomic mass is 32.2. The van der Waals surface area contributed by atoms with E-state index in [-0.39, 0.29) is 11.8 Å². The fraction of sp³-hybridized carbons (Fsp3) is 0.800. The molecule has 4 rings (SSSR count). The van der Waals surface area contributed by atoms with E-state index < -0.39 is 10.0 Å². The van der Waals surface area contributed by atoms with E-state index in [9.17, 15) is 8.42 Å². The van der Waals surface area contributed by atoms with Gasteiger partial charge in [-0.3, -0.25) is 0 Å². The van der Waals surface area contributed by atoms with Gasteiger partial charge in [0.2, 0.25) is 10.0 Å². The second-order valence-corrected chi connectivity index (χ2v) is 10.2. The number of hydrogen-bond donors (Lipinski definition) is 1. The minimum absolute atomic E-state index is 0.0271. The van der Waals surface area contributed by atoms with Gasteiger partial charge in [-0.15, -0.1) is 0 Å². The first-order chi connectivity index (χ1) is 13.6. The monoisotopic (exact) mass is 408 g/mol. The van der Waals surface area contributed by atoms with Crippen LogP contribution in [0.5, 0.6) is 0 Å². The molecule has 28 heavy (non-hydrogen) atoms. The molecule has 1 aromatic rings. The fourth-order valence-electron chi connectivity index (χ4n) is 4.62. The molecular formula is C20H32N4O3S. The molecule has 0 bridgehead atoms. The number of ether oxygens (including phenoxy) is 1. The molecule has 1 saturated carbocycles. The fourth-order valence-corrected chi connectivity index (χ4v) is 5.53. The standard InChI is InChI=1S/C20H32N4O3S/c1-2-28(25,26)23-16-7-11-24(12-8-16)20-17-9-13-27-14-10-18(17)21-19(22-20)15-5-3-4-6-15/h15-16,23H,2-14H2,1H3. The highest BCUT2D eigenvalue weighted by Gasteiger charge is 2.29. The summed E-state index contributed by atoms with van der Waals surface area (Å²) in [6, 6.07) is 0.0271. The maximum atomic E-state index is 11.9. The Labute approximate surface area is 168 Å². The Balaban J connectivity index is 1.55. The van der Waals surface area contributed by atoms with Gasteiger partial charge in [-0.2, -0.15) is 0 Å². The number of nitrogens with one attached hydrogen (secondary N) is 1. The minimum atomic E-state index is -3.15. The number of fused-ring (bicyclic) bond motifs is 1. The molecule has 0 radical (unpaired) electrons. The Hall–Kier alpha value is -1.25. The van der Waals surface area contributed by atoms with Crippen molar-refractivity contribution in [2.75, 3.05) is 37.0 Å². The van der Waals surface area contributed by atoms with E-state index in [2.05, 4.69) is 9.62 Å². The van der Waals surface area contributed by atoms with E-state index in [1.807, 2.05) is 0 Å². The largest absolute Gasteiger partial charge is 0.381 e. The zero-order valence-electron chi connectivity index (χ0n) is 16.8. The van der Waals surface area contributed by atoms with Crippen molar-refractivity contribution in [3.8, 4) is 0 Å². The number of sulfonamides is 1. The SMILES string of the molecule is CCS(=O)(=O)NC1CCN(c2nc(C3CCCC3)nc3c2CCOCC3)CC1. The van der Waals surface area contributed by atoms with Crippen molar-refractivity contribution in [3.05, 3.63) is 17.1 Å². The van der Waals surface area contributed by atoms with Gasteiger partial charge in [-0.1, -0.05) is 12.8 Å². The van der Waals surface area contributed by atoms with Gasteiger partial charge in [-0.05, 0) is 32.6 Å². The summed E-state index contributed by atoms with van der Waals surface area (Å²) in [5, 5.41) is 0. The zero-order valence-corrected chi connectivity index (χ0v) is 17.6. The van der Waals surface area contributed by atoms with E-state index in [0.29, 0.717) is 5.92 Å². The number of anilines is 1. The third-order valence-electron chi connectivity index (χ3n) is 6.31. The van der Waals surface area contributed by atoms with Crippen LogP contribution in [-0.4, -0.2) is 56.5 Å². The molecule has 8 heteroatoms. The number of hydrogen-bond acceptors (Lipinski definition) is 6. The first-order valence-electron chi connectivity index (χ1n) is 10.8. The molecule has 0 unspecified atom stereocenters.